The molecule has 2 amide bonds. The first-order valence-electron chi connectivity index (χ1n) is 8.94. The van der Waals surface area contributed by atoms with Gasteiger partial charge >= 0.3 is 0 Å². The molecule has 2 bridgehead atoms. The van der Waals surface area contributed by atoms with E-state index in [-0.39, 0.29) is 29.7 Å². The Morgan fingerprint density at radius 3 is 2.41 bits per heavy atom. The summed E-state index contributed by atoms with van der Waals surface area (Å²) in [6.45, 7) is 4.23. The van der Waals surface area contributed by atoms with Crippen LogP contribution in [0.5, 0.6) is 0 Å². The summed E-state index contributed by atoms with van der Waals surface area (Å²) in [5, 5.41) is 2.97. The Morgan fingerprint density at radius 1 is 1.14 bits per heavy atom. The zero-order chi connectivity index (χ0) is 15.7. The van der Waals surface area contributed by atoms with Gasteiger partial charge in [-0.3, -0.25) is 9.59 Å². The van der Waals surface area contributed by atoms with E-state index in [4.69, 9.17) is 5.73 Å². The third kappa shape index (κ3) is 2.87. The van der Waals surface area contributed by atoms with Crippen LogP contribution in [0.1, 0.15) is 45.4 Å². The number of hydrogen-bond acceptors (Lipinski definition) is 3. The van der Waals surface area contributed by atoms with Crippen LogP contribution in [0, 0.1) is 23.7 Å². The van der Waals surface area contributed by atoms with E-state index in [1.165, 1.54) is 12.8 Å². The molecule has 3 fully saturated rings. The molecule has 0 radical (unpaired) electrons. The van der Waals surface area contributed by atoms with E-state index in [0.717, 1.165) is 32.2 Å². The Kier molecular flexibility index (Phi) is 4.71. The van der Waals surface area contributed by atoms with Crippen molar-refractivity contribution in [2.24, 2.45) is 29.4 Å². The molecule has 0 aromatic heterocycles. The fourth-order valence-electron chi connectivity index (χ4n) is 4.67. The Labute approximate surface area is 133 Å². The number of rotatable bonds is 4. The number of nitrogens with zero attached hydrogens (tertiary/aromatic N) is 1. The van der Waals surface area contributed by atoms with Gasteiger partial charge in [-0.1, -0.05) is 6.92 Å². The lowest BCUT2D eigenvalue weighted by Gasteiger charge is -2.36. The molecule has 3 aliphatic rings. The molecule has 22 heavy (non-hydrogen) atoms. The molecule has 3 N–H and O–H groups in total. The van der Waals surface area contributed by atoms with Gasteiger partial charge in [0.25, 0.3) is 0 Å². The van der Waals surface area contributed by atoms with E-state index in [0.29, 0.717) is 24.9 Å². The number of carbonyl (C=O) groups is 2. The van der Waals surface area contributed by atoms with Gasteiger partial charge in [0.15, 0.2) is 0 Å². The van der Waals surface area contributed by atoms with E-state index in [1.54, 1.807) is 0 Å². The maximum atomic E-state index is 12.8. The number of fused-ring (bicyclic) bond motifs is 2. The lowest BCUT2D eigenvalue weighted by atomic mass is 9.83. The third-order valence-electron chi connectivity index (χ3n) is 5.99. The number of nitrogens with one attached hydrogen (secondary N) is 1. The van der Waals surface area contributed by atoms with Crippen molar-refractivity contribution in [1.82, 2.24) is 10.2 Å². The topological polar surface area (TPSA) is 75.4 Å². The van der Waals surface area contributed by atoms with Crippen molar-refractivity contribution in [2.75, 3.05) is 19.6 Å². The van der Waals surface area contributed by atoms with Gasteiger partial charge in [0.05, 0.1) is 5.92 Å². The molecule has 124 valence electrons. The van der Waals surface area contributed by atoms with Gasteiger partial charge < -0.3 is 16.0 Å². The molecule has 5 nitrogen and oxygen atoms in total. The molecular weight excluding hydrogens is 278 g/mol. The fourth-order valence-corrected chi connectivity index (χ4v) is 4.67. The van der Waals surface area contributed by atoms with Crippen molar-refractivity contribution < 1.29 is 9.59 Å². The second-order valence-electron chi connectivity index (χ2n) is 7.33. The predicted octanol–water partition coefficient (Wildman–Crippen LogP) is 1.12. The van der Waals surface area contributed by atoms with Crippen molar-refractivity contribution in [3.8, 4) is 0 Å². The lowest BCUT2D eigenvalue weighted by molar-refractivity contribution is -0.141. The molecule has 4 atom stereocenters. The third-order valence-corrected chi connectivity index (χ3v) is 5.99. The number of likely N-dealkylation sites (tertiary alicyclic amines) is 1. The highest BCUT2D eigenvalue weighted by Crippen LogP contribution is 2.48. The predicted molar refractivity (Wildman–Crippen MR) is 84.9 cm³/mol. The standard InChI is InChI=1S/C17H29N3O2/c1-2-7-19-16(21)11-5-8-20(9-6-11)17(22)14-12-3-4-13(10-12)15(14)18/h11-15H,2-10,18H2,1H3,(H,19,21). The maximum absolute atomic E-state index is 12.8. The number of nitrogens with two attached hydrogens (primary N) is 1. The van der Waals surface area contributed by atoms with Gasteiger partial charge in [0.1, 0.15) is 0 Å². The minimum Gasteiger partial charge on any atom is -0.356 e. The van der Waals surface area contributed by atoms with Gasteiger partial charge in [0.2, 0.25) is 11.8 Å². The quantitative estimate of drug-likeness (QED) is 0.817. The minimum atomic E-state index is 0.0456. The summed E-state index contributed by atoms with van der Waals surface area (Å²) in [4.78, 5) is 26.8. The van der Waals surface area contributed by atoms with Crippen LogP contribution in [0.25, 0.3) is 0 Å². The van der Waals surface area contributed by atoms with Crippen molar-refractivity contribution in [1.29, 1.82) is 0 Å². The van der Waals surface area contributed by atoms with Crippen molar-refractivity contribution in [3.05, 3.63) is 0 Å². The van der Waals surface area contributed by atoms with Gasteiger partial charge in [-0.2, -0.15) is 0 Å². The van der Waals surface area contributed by atoms with E-state index >= 15 is 0 Å². The number of hydrogen-bond donors (Lipinski definition) is 2. The molecule has 4 unspecified atom stereocenters. The summed E-state index contributed by atoms with van der Waals surface area (Å²) >= 11 is 0. The summed E-state index contributed by atoms with van der Waals surface area (Å²) in [6, 6.07) is 0.0665. The van der Waals surface area contributed by atoms with Crippen molar-refractivity contribution in [3.63, 3.8) is 0 Å². The molecular formula is C17H29N3O2. The van der Waals surface area contributed by atoms with Gasteiger partial charge in [-0.05, 0) is 50.4 Å². The fraction of sp³-hybridized carbons (Fsp3) is 0.882. The molecule has 3 rings (SSSR count). The molecule has 2 saturated carbocycles. The van der Waals surface area contributed by atoms with E-state index in [2.05, 4.69) is 12.2 Å². The average Bonchev–Trinajstić information content (AvgIpc) is 3.13. The zero-order valence-electron chi connectivity index (χ0n) is 13.6. The van der Waals surface area contributed by atoms with E-state index in [9.17, 15) is 9.59 Å². The number of amides is 2. The Hall–Kier alpha value is -1.10. The summed E-state index contributed by atoms with van der Waals surface area (Å²) in [5.74, 6) is 1.61. The highest BCUT2D eigenvalue weighted by atomic mass is 16.2. The number of carbonyl (C=O) groups excluding carboxylic acids is 2. The van der Waals surface area contributed by atoms with Crippen LogP contribution in [-0.2, 0) is 9.59 Å². The zero-order valence-corrected chi connectivity index (χ0v) is 13.6. The summed E-state index contributed by atoms with van der Waals surface area (Å²) in [6.07, 6.45) is 6.06. The molecule has 1 heterocycles. The first kappa shape index (κ1) is 15.8. The average molecular weight is 307 g/mol. The van der Waals surface area contributed by atoms with Gasteiger partial charge in [0, 0.05) is 31.6 Å². The molecule has 0 spiro atoms. The van der Waals surface area contributed by atoms with Gasteiger partial charge in [-0.15, -0.1) is 0 Å². The first-order chi connectivity index (χ1) is 10.6. The molecule has 2 aliphatic carbocycles. The van der Waals surface area contributed by atoms with Gasteiger partial charge in [-0.25, -0.2) is 0 Å². The molecule has 0 aromatic rings. The van der Waals surface area contributed by atoms with Crippen LogP contribution in [0.3, 0.4) is 0 Å². The Morgan fingerprint density at radius 2 is 1.82 bits per heavy atom. The normalized spacial score (nSPS) is 34.9. The lowest BCUT2D eigenvalue weighted by Crippen LogP contribution is -2.50. The highest BCUT2D eigenvalue weighted by Gasteiger charge is 2.50. The second-order valence-corrected chi connectivity index (χ2v) is 7.33. The van der Waals surface area contributed by atoms with Crippen LogP contribution in [0.2, 0.25) is 0 Å². The van der Waals surface area contributed by atoms with Crippen LogP contribution < -0.4 is 11.1 Å². The molecule has 1 saturated heterocycles. The molecule has 0 aromatic carbocycles. The van der Waals surface area contributed by atoms with Crippen molar-refractivity contribution >= 4 is 11.8 Å². The molecule has 1 aliphatic heterocycles. The van der Waals surface area contributed by atoms with Crippen LogP contribution in [-0.4, -0.2) is 42.4 Å². The van der Waals surface area contributed by atoms with E-state index < -0.39 is 0 Å². The molecule has 5 heteroatoms. The van der Waals surface area contributed by atoms with E-state index in [1.807, 2.05) is 4.90 Å². The highest BCUT2D eigenvalue weighted by molar-refractivity contribution is 5.82. The summed E-state index contributed by atoms with van der Waals surface area (Å²) in [5.41, 5.74) is 6.29. The summed E-state index contributed by atoms with van der Waals surface area (Å²) in [7, 11) is 0. The second kappa shape index (κ2) is 6.57. The number of piperidine rings is 1. The van der Waals surface area contributed by atoms with Crippen molar-refractivity contribution in [2.45, 2.75) is 51.5 Å². The monoisotopic (exact) mass is 307 g/mol. The Balaban J connectivity index is 1.51. The van der Waals surface area contributed by atoms with Crippen LogP contribution in [0.4, 0.5) is 0 Å². The van der Waals surface area contributed by atoms with Crippen LogP contribution >= 0.6 is 0 Å². The first-order valence-corrected chi connectivity index (χ1v) is 8.94. The summed E-state index contributed by atoms with van der Waals surface area (Å²) < 4.78 is 0. The smallest absolute Gasteiger partial charge is 0.227 e. The Bertz CT molecular complexity index is 430. The largest absolute Gasteiger partial charge is 0.356 e. The van der Waals surface area contributed by atoms with Crippen LogP contribution in [0.15, 0.2) is 0 Å². The SMILES string of the molecule is CCCNC(=O)C1CCN(C(=O)C2C3CCC(C3)C2N)CC1. The maximum Gasteiger partial charge on any atom is 0.227 e. The minimum absolute atomic E-state index is 0.0456.